The zero-order chi connectivity index (χ0) is 16.5. The van der Waals surface area contributed by atoms with E-state index < -0.39 is 5.92 Å². The molecule has 0 bridgehead atoms. The Morgan fingerprint density at radius 1 is 1.36 bits per heavy atom. The Hall–Kier alpha value is -1.16. The second kappa shape index (κ2) is 6.53. The van der Waals surface area contributed by atoms with Crippen molar-refractivity contribution in [2.24, 2.45) is 5.92 Å². The average molecular weight is 310 g/mol. The number of aromatic nitrogens is 1. The quantitative estimate of drug-likeness (QED) is 0.767. The summed E-state index contributed by atoms with van der Waals surface area (Å²) in [5.74, 6) is -1.62. The van der Waals surface area contributed by atoms with Crippen molar-refractivity contribution in [2.45, 2.75) is 52.4 Å². The Bertz CT molecular complexity index is 520. The molecule has 2 nitrogen and oxygen atoms in total. The Morgan fingerprint density at radius 3 is 2.45 bits per heavy atom. The largest absolute Gasteiger partial charge is 0.327 e. The van der Waals surface area contributed by atoms with Gasteiger partial charge in [-0.15, -0.1) is 0 Å². The van der Waals surface area contributed by atoms with Gasteiger partial charge in [0.15, 0.2) is 0 Å². The highest BCUT2D eigenvalue weighted by Crippen LogP contribution is 2.36. The van der Waals surface area contributed by atoms with E-state index >= 15 is 0 Å². The molecule has 2 rings (SSSR count). The maximum Gasteiger partial charge on any atom is 0.257 e. The number of hydrogen-bond donors (Lipinski definition) is 0. The zero-order valence-electron chi connectivity index (χ0n) is 14.2. The normalized spacial score (nSPS) is 19.4. The van der Waals surface area contributed by atoms with Gasteiger partial charge in [0.2, 0.25) is 0 Å². The van der Waals surface area contributed by atoms with Gasteiger partial charge in [-0.3, -0.25) is 4.90 Å². The molecule has 22 heavy (non-hydrogen) atoms. The summed E-state index contributed by atoms with van der Waals surface area (Å²) in [4.78, 5) is 1.90. The fourth-order valence-electron chi connectivity index (χ4n) is 3.73. The van der Waals surface area contributed by atoms with Crippen molar-refractivity contribution in [1.29, 1.82) is 0 Å². The third-order valence-corrected chi connectivity index (χ3v) is 5.06. The van der Waals surface area contributed by atoms with Crippen LogP contribution in [0.1, 0.15) is 49.4 Å². The van der Waals surface area contributed by atoms with Crippen molar-refractivity contribution in [2.75, 3.05) is 19.6 Å². The van der Waals surface area contributed by atoms with Gasteiger partial charge in [0.05, 0.1) is 6.54 Å². The van der Waals surface area contributed by atoms with E-state index in [1.165, 1.54) is 16.8 Å². The third kappa shape index (κ3) is 3.78. The molecule has 124 valence electrons. The molecule has 1 aromatic heterocycles. The first-order valence-electron chi connectivity index (χ1n) is 8.13. The molecule has 4 heteroatoms. The minimum atomic E-state index is -2.59. The highest BCUT2D eigenvalue weighted by molar-refractivity contribution is 5.39. The SMILES string of the molecule is C=Cn1cc(C)c(C)c1C(C)C1CCN(CC(C)(F)F)CC1. The van der Waals surface area contributed by atoms with Gasteiger partial charge < -0.3 is 4.57 Å². The van der Waals surface area contributed by atoms with Crippen LogP contribution in [0, 0.1) is 19.8 Å². The number of rotatable bonds is 5. The summed E-state index contributed by atoms with van der Waals surface area (Å²) >= 11 is 0. The second-order valence-corrected chi connectivity index (χ2v) is 6.88. The van der Waals surface area contributed by atoms with Crippen molar-refractivity contribution in [3.8, 4) is 0 Å². The van der Waals surface area contributed by atoms with Crippen molar-refractivity contribution in [3.63, 3.8) is 0 Å². The summed E-state index contributed by atoms with van der Waals surface area (Å²) < 4.78 is 28.4. The molecule has 1 aromatic rings. The summed E-state index contributed by atoms with van der Waals surface area (Å²) in [6.07, 6.45) is 5.95. The van der Waals surface area contributed by atoms with Crippen molar-refractivity contribution >= 4 is 6.20 Å². The van der Waals surface area contributed by atoms with E-state index in [1.54, 1.807) is 0 Å². The average Bonchev–Trinajstić information content (AvgIpc) is 2.72. The molecule has 0 N–H and O–H groups in total. The highest BCUT2D eigenvalue weighted by Gasteiger charge is 2.31. The Kier molecular flexibility index (Phi) is 5.10. The molecule has 1 unspecified atom stereocenters. The highest BCUT2D eigenvalue weighted by atomic mass is 19.3. The first-order valence-corrected chi connectivity index (χ1v) is 8.13. The first-order chi connectivity index (χ1) is 10.2. The van der Waals surface area contributed by atoms with E-state index in [2.05, 4.69) is 38.1 Å². The van der Waals surface area contributed by atoms with Crippen LogP contribution in [-0.2, 0) is 0 Å². The van der Waals surface area contributed by atoms with E-state index in [0.717, 1.165) is 32.9 Å². The molecule has 1 saturated heterocycles. The molecule has 1 aliphatic heterocycles. The van der Waals surface area contributed by atoms with Crippen LogP contribution in [-0.4, -0.2) is 35.0 Å². The van der Waals surface area contributed by atoms with Gasteiger partial charge in [-0.2, -0.15) is 0 Å². The number of hydrogen-bond acceptors (Lipinski definition) is 1. The van der Waals surface area contributed by atoms with E-state index in [4.69, 9.17) is 0 Å². The molecular formula is C18H28F2N2. The lowest BCUT2D eigenvalue weighted by molar-refractivity contribution is -0.0231. The number of aryl methyl sites for hydroxylation is 1. The minimum absolute atomic E-state index is 0.116. The van der Waals surface area contributed by atoms with Crippen LogP contribution in [0.2, 0.25) is 0 Å². The van der Waals surface area contributed by atoms with Crippen LogP contribution in [0.25, 0.3) is 6.20 Å². The monoisotopic (exact) mass is 310 g/mol. The predicted octanol–water partition coefficient (Wildman–Crippen LogP) is 4.68. The summed E-state index contributed by atoms with van der Waals surface area (Å²) in [6, 6.07) is 0. The van der Waals surface area contributed by atoms with Gasteiger partial charge in [-0.05, 0) is 62.7 Å². The van der Waals surface area contributed by atoms with E-state index in [-0.39, 0.29) is 6.54 Å². The number of halogens is 2. The molecule has 0 saturated carbocycles. The number of alkyl halides is 2. The summed E-state index contributed by atoms with van der Waals surface area (Å²) in [5.41, 5.74) is 3.94. The summed E-state index contributed by atoms with van der Waals surface area (Å²) in [5, 5.41) is 0. The lowest BCUT2D eigenvalue weighted by atomic mass is 9.82. The summed E-state index contributed by atoms with van der Waals surface area (Å²) in [7, 11) is 0. The third-order valence-electron chi connectivity index (χ3n) is 5.06. The van der Waals surface area contributed by atoms with Gasteiger partial charge in [0.25, 0.3) is 5.92 Å². The predicted molar refractivity (Wildman–Crippen MR) is 88.5 cm³/mol. The molecule has 1 fully saturated rings. The van der Waals surface area contributed by atoms with Crippen LogP contribution in [0.5, 0.6) is 0 Å². The minimum Gasteiger partial charge on any atom is -0.327 e. The molecule has 0 aromatic carbocycles. The van der Waals surface area contributed by atoms with Gasteiger partial charge in [-0.1, -0.05) is 13.5 Å². The maximum absolute atomic E-state index is 13.1. The topological polar surface area (TPSA) is 8.17 Å². The fourth-order valence-corrected chi connectivity index (χ4v) is 3.73. The van der Waals surface area contributed by atoms with Crippen molar-refractivity contribution < 1.29 is 8.78 Å². The molecule has 1 aliphatic rings. The van der Waals surface area contributed by atoms with E-state index in [9.17, 15) is 8.78 Å². The molecule has 2 heterocycles. The van der Waals surface area contributed by atoms with Crippen LogP contribution in [0.3, 0.4) is 0 Å². The van der Waals surface area contributed by atoms with Crippen LogP contribution < -0.4 is 0 Å². The molecule has 0 amide bonds. The van der Waals surface area contributed by atoms with Gasteiger partial charge >= 0.3 is 0 Å². The molecule has 0 radical (unpaired) electrons. The first kappa shape index (κ1) is 17.2. The molecule has 1 atom stereocenters. The zero-order valence-corrected chi connectivity index (χ0v) is 14.2. The van der Waals surface area contributed by atoms with E-state index in [1.807, 2.05) is 11.1 Å². The number of likely N-dealkylation sites (tertiary alicyclic amines) is 1. The van der Waals surface area contributed by atoms with Gasteiger partial charge in [0.1, 0.15) is 0 Å². The van der Waals surface area contributed by atoms with E-state index in [0.29, 0.717) is 11.8 Å². The Balaban J connectivity index is 2.04. The second-order valence-electron chi connectivity index (χ2n) is 6.88. The van der Waals surface area contributed by atoms with Crippen molar-refractivity contribution in [1.82, 2.24) is 9.47 Å². The number of piperidine rings is 1. The smallest absolute Gasteiger partial charge is 0.257 e. The molecular weight excluding hydrogens is 282 g/mol. The van der Waals surface area contributed by atoms with Gasteiger partial charge in [-0.25, -0.2) is 8.78 Å². The van der Waals surface area contributed by atoms with Crippen LogP contribution >= 0.6 is 0 Å². The Morgan fingerprint density at radius 2 is 1.95 bits per heavy atom. The lowest BCUT2D eigenvalue weighted by Crippen LogP contribution is -2.41. The van der Waals surface area contributed by atoms with Gasteiger partial charge in [0, 0.05) is 25.0 Å². The molecule has 0 spiro atoms. The van der Waals surface area contributed by atoms with Crippen molar-refractivity contribution in [3.05, 3.63) is 29.6 Å². The standard InChI is InChI=1S/C18H28F2N2/c1-6-22-11-13(2)14(3)17(22)15(4)16-7-9-21(10-8-16)12-18(5,19)20/h6,11,15-16H,1,7-10,12H2,2-5H3. The fraction of sp³-hybridized carbons (Fsp3) is 0.667. The van der Waals surface area contributed by atoms with Crippen LogP contribution in [0.15, 0.2) is 12.8 Å². The maximum atomic E-state index is 13.1. The Labute approximate surface area is 132 Å². The summed E-state index contributed by atoms with van der Waals surface area (Å²) in [6.45, 7) is 12.9. The van der Waals surface area contributed by atoms with Crippen LogP contribution in [0.4, 0.5) is 8.78 Å². The molecule has 0 aliphatic carbocycles. The number of nitrogens with zero attached hydrogens (tertiary/aromatic N) is 2. The lowest BCUT2D eigenvalue weighted by Gasteiger charge is -2.36.